The Bertz CT molecular complexity index is 373. The van der Waals surface area contributed by atoms with Gasteiger partial charge in [0.05, 0.1) is 11.9 Å². The lowest BCUT2D eigenvalue weighted by Gasteiger charge is -2.14. The van der Waals surface area contributed by atoms with Crippen LogP contribution in [0.25, 0.3) is 0 Å². The maximum Gasteiger partial charge on any atom is 0.270 e. The minimum Gasteiger partial charge on any atom is -0.387 e. The highest BCUT2D eigenvalue weighted by atomic mass is 16.1. The molecule has 1 aromatic heterocycles. The Morgan fingerprint density at radius 3 is 2.50 bits per heavy atom. The molecule has 1 aromatic rings. The number of pyridine rings is 1. The Hall–Kier alpha value is -1.58. The van der Waals surface area contributed by atoms with E-state index < -0.39 is 0 Å². The van der Waals surface area contributed by atoms with Gasteiger partial charge in [-0.05, 0) is 37.8 Å². The maximum atomic E-state index is 11.9. The molecule has 0 aliphatic heterocycles. The average Bonchev–Trinajstić information content (AvgIpc) is 2.36. The van der Waals surface area contributed by atoms with Crippen molar-refractivity contribution < 1.29 is 4.79 Å². The van der Waals surface area contributed by atoms with Crippen LogP contribution in [-0.4, -0.2) is 24.0 Å². The first-order valence-corrected chi connectivity index (χ1v) is 6.47. The van der Waals surface area contributed by atoms with Crippen LogP contribution >= 0.6 is 0 Å². The number of nitrogens with one attached hydrogen (secondary N) is 2. The van der Waals surface area contributed by atoms with Gasteiger partial charge in [0.25, 0.3) is 5.91 Å². The van der Waals surface area contributed by atoms with Gasteiger partial charge in [0.1, 0.15) is 5.69 Å². The lowest BCUT2D eigenvalue weighted by atomic mass is 10.0. The predicted octanol–water partition coefficient (Wildman–Crippen LogP) is 2.68. The molecule has 4 nitrogen and oxygen atoms in total. The number of rotatable bonds is 6. The second-order valence-corrected chi connectivity index (χ2v) is 5.03. The maximum absolute atomic E-state index is 11.9. The molecule has 0 saturated carbocycles. The first kappa shape index (κ1) is 14.5. The van der Waals surface area contributed by atoms with Gasteiger partial charge in [-0.3, -0.25) is 4.79 Å². The summed E-state index contributed by atoms with van der Waals surface area (Å²) in [6.45, 7) is 6.40. The summed E-state index contributed by atoms with van der Waals surface area (Å²) >= 11 is 0. The smallest absolute Gasteiger partial charge is 0.270 e. The van der Waals surface area contributed by atoms with Gasteiger partial charge in [0, 0.05) is 13.1 Å². The standard InChI is InChI=1S/C14H23N3O/c1-10(2)5-6-11(3)17-14(18)13-8-7-12(15-4)9-16-13/h7-11,15H,5-6H2,1-4H3,(H,17,18). The number of aromatic nitrogens is 1. The minimum absolute atomic E-state index is 0.103. The van der Waals surface area contributed by atoms with Crippen LogP contribution in [0.4, 0.5) is 5.69 Å². The van der Waals surface area contributed by atoms with Crippen LogP contribution in [0.1, 0.15) is 44.1 Å². The average molecular weight is 249 g/mol. The van der Waals surface area contributed by atoms with Crippen LogP contribution in [0.5, 0.6) is 0 Å². The quantitative estimate of drug-likeness (QED) is 0.815. The normalized spacial score (nSPS) is 12.3. The number of carbonyl (C=O) groups excluding carboxylic acids is 1. The molecule has 1 amide bonds. The van der Waals surface area contributed by atoms with E-state index in [0.717, 1.165) is 18.5 Å². The van der Waals surface area contributed by atoms with Crippen molar-refractivity contribution in [1.29, 1.82) is 0 Å². The van der Waals surface area contributed by atoms with Crippen LogP contribution in [0.3, 0.4) is 0 Å². The summed E-state index contributed by atoms with van der Waals surface area (Å²) < 4.78 is 0. The molecule has 1 atom stereocenters. The molecule has 0 fully saturated rings. The van der Waals surface area contributed by atoms with E-state index >= 15 is 0 Å². The largest absolute Gasteiger partial charge is 0.387 e. The van der Waals surface area contributed by atoms with Crippen LogP contribution in [0, 0.1) is 5.92 Å². The Kier molecular flexibility index (Phi) is 5.62. The van der Waals surface area contributed by atoms with E-state index in [1.165, 1.54) is 0 Å². The molecule has 1 unspecified atom stereocenters. The highest BCUT2D eigenvalue weighted by molar-refractivity contribution is 5.92. The Morgan fingerprint density at radius 1 is 1.28 bits per heavy atom. The molecule has 0 spiro atoms. The summed E-state index contributed by atoms with van der Waals surface area (Å²) in [6, 6.07) is 3.77. The van der Waals surface area contributed by atoms with E-state index in [9.17, 15) is 4.79 Å². The van der Waals surface area contributed by atoms with Gasteiger partial charge in [-0.1, -0.05) is 13.8 Å². The van der Waals surface area contributed by atoms with Crippen molar-refractivity contribution in [2.45, 2.75) is 39.7 Å². The van der Waals surface area contributed by atoms with Crippen LogP contribution in [-0.2, 0) is 0 Å². The van der Waals surface area contributed by atoms with E-state index in [-0.39, 0.29) is 11.9 Å². The summed E-state index contributed by atoms with van der Waals surface area (Å²) in [4.78, 5) is 16.0. The molecule has 18 heavy (non-hydrogen) atoms. The van der Waals surface area contributed by atoms with Crippen molar-refractivity contribution in [3.05, 3.63) is 24.0 Å². The third-order valence-corrected chi connectivity index (χ3v) is 2.84. The third-order valence-electron chi connectivity index (χ3n) is 2.84. The summed E-state index contributed by atoms with van der Waals surface area (Å²) in [5.41, 5.74) is 1.37. The molecule has 0 saturated heterocycles. The van der Waals surface area contributed by atoms with E-state index in [0.29, 0.717) is 11.6 Å². The number of hydrogen-bond acceptors (Lipinski definition) is 3. The van der Waals surface area contributed by atoms with Crippen molar-refractivity contribution in [1.82, 2.24) is 10.3 Å². The lowest BCUT2D eigenvalue weighted by Crippen LogP contribution is -2.33. The fraction of sp³-hybridized carbons (Fsp3) is 0.571. The van der Waals surface area contributed by atoms with Gasteiger partial charge >= 0.3 is 0 Å². The number of amides is 1. The highest BCUT2D eigenvalue weighted by Gasteiger charge is 2.11. The van der Waals surface area contributed by atoms with E-state index in [2.05, 4.69) is 29.5 Å². The number of hydrogen-bond donors (Lipinski definition) is 2. The van der Waals surface area contributed by atoms with E-state index in [1.54, 1.807) is 12.3 Å². The van der Waals surface area contributed by atoms with Gasteiger partial charge in [0.2, 0.25) is 0 Å². The summed E-state index contributed by atoms with van der Waals surface area (Å²) in [5, 5.41) is 5.94. The molecule has 0 radical (unpaired) electrons. The van der Waals surface area contributed by atoms with E-state index in [1.807, 2.05) is 20.0 Å². The number of nitrogens with zero attached hydrogens (tertiary/aromatic N) is 1. The number of carbonyl (C=O) groups is 1. The molecule has 4 heteroatoms. The third kappa shape index (κ3) is 4.73. The van der Waals surface area contributed by atoms with Crippen LogP contribution < -0.4 is 10.6 Å². The fourth-order valence-electron chi connectivity index (χ4n) is 1.63. The van der Waals surface area contributed by atoms with Crippen LogP contribution in [0.15, 0.2) is 18.3 Å². The molecular weight excluding hydrogens is 226 g/mol. The second-order valence-electron chi connectivity index (χ2n) is 5.03. The molecule has 0 bridgehead atoms. The van der Waals surface area contributed by atoms with Crippen LogP contribution in [0.2, 0.25) is 0 Å². The molecule has 1 rings (SSSR count). The second kappa shape index (κ2) is 6.99. The zero-order chi connectivity index (χ0) is 13.5. The monoisotopic (exact) mass is 249 g/mol. The minimum atomic E-state index is -0.103. The first-order chi connectivity index (χ1) is 8.52. The van der Waals surface area contributed by atoms with Gasteiger partial charge in [-0.15, -0.1) is 0 Å². The predicted molar refractivity (Wildman–Crippen MR) is 74.8 cm³/mol. The molecule has 2 N–H and O–H groups in total. The lowest BCUT2D eigenvalue weighted by molar-refractivity contribution is 0.0932. The van der Waals surface area contributed by atoms with Gasteiger partial charge in [-0.2, -0.15) is 0 Å². The van der Waals surface area contributed by atoms with Gasteiger partial charge < -0.3 is 10.6 Å². The Balaban J connectivity index is 2.48. The Labute approximate surface area is 109 Å². The summed E-state index contributed by atoms with van der Waals surface area (Å²) in [5.74, 6) is 0.561. The molecule has 0 aliphatic rings. The van der Waals surface area contributed by atoms with Crippen molar-refractivity contribution in [2.75, 3.05) is 12.4 Å². The van der Waals surface area contributed by atoms with Crippen molar-refractivity contribution in [3.63, 3.8) is 0 Å². The van der Waals surface area contributed by atoms with Crippen molar-refractivity contribution in [2.24, 2.45) is 5.92 Å². The SMILES string of the molecule is CNc1ccc(C(=O)NC(C)CCC(C)C)nc1. The summed E-state index contributed by atoms with van der Waals surface area (Å²) in [7, 11) is 1.82. The Morgan fingerprint density at radius 2 is 2.00 bits per heavy atom. The number of anilines is 1. The first-order valence-electron chi connectivity index (χ1n) is 6.47. The molecule has 100 valence electrons. The fourth-order valence-corrected chi connectivity index (χ4v) is 1.63. The van der Waals surface area contributed by atoms with Crippen molar-refractivity contribution >= 4 is 11.6 Å². The van der Waals surface area contributed by atoms with Crippen molar-refractivity contribution in [3.8, 4) is 0 Å². The zero-order valence-electron chi connectivity index (χ0n) is 11.7. The molecule has 0 aliphatic carbocycles. The summed E-state index contributed by atoms with van der Waals surface area (Å²) in [6.07, 6.45) is 3.78. The van der Waals surface area contributed by atoms with E-state index in [4.69, 9.17) is 0 Å². The van der Waals surface area contributed by atoms with Gasteiger partial charge in [0.15, 0.2) is 0 Å². The molecule has 1 heterocycles. The topological polar surface area (TPSA) is 54.0 Å². The molecular formula is C14H23N3O. The highest BCUT2D eigenvalue weighted by Crippen LogP contribution is 2.08. The molecule has 0 aromatic carbocycles. The zero-order valence-corrected chi connectivity index (χ0v) is 11.7. The van der Waals surface area contributed by atoms with Gasteiger partial charge in [-0.25, -0.2) is 4.98 Å².